The van der Waals surface area contributed by atoms with Crippen LogP contribution in [-0.2, 0) is 10.0 Å². The van der Waals surface area contributed by atoms with E-state index >= 15 is 0 Å². The molecule has 27 heavy (non-hydrogen) atoms. The summed E-state index contributed by atoms with van der Waals surface area (Å²) in [5.41, 5.74) is 5.28. The highest BCUT2D eigenvalue weighted by Gasteiger charge is 2.28. The van der Waals surface area contributed by atoms with E-state index in [9.17, 15) is 18.0 Å². The second-order valence-corrected chi connectivity index (χ2v) is 9.60. The maximum Gasteiger partial charge on any atom is 0.252 e. The molecule has 2 heterocycles. The summed E-state index contributed by atoms with van der Waals surface area (Å²) in [7, 11) is -3.69. The van der Waals surface area contributed by atoms with Gasteiger partial charge >= 0.3 is 0 Å². The molecule has 0 spiro atoms. The van der Waals surface area contributed by atoms with E-state index < -0.39 is 15.9 Å². The fourth-order valence-corrected chi connectivity index (χ4v) is 5.26. The van der Waals surface area contributed by atoms with Crippen molar-refractivity contribution in [1.82, 2.24) is 4.31 Å². The Bertz CT molecular complexity index is 981. The SMILES string of the molecule is NC(=O)c1cc(S(=O)(=O)N2CCCC2)ccc1OCC(=O)c1ccc(Cl)s1. The van der Waals surface area contributed by atoms with Gasteiger partial charge in [-0.05, 0) is 43.2 Å². The van der Waals surface area contributed by atoms with Crippen LogP contribution in [0.1, 0.15) is 32.9 Å². The number of thiophene rings is 1. The minimum atomic E-state index is -3.69. The number of carbonyl (C=O) groups is 2. The molecule has 1 aromatic carbocycles. The van der Waals surface area contributed by atoms with Gasteiger partial charge in [0, 0.05) is 13.1 Å². The Morgan fingerprint density at radius 3 is 2.48 bits per heavy atom. The number of primary amides is 1. The van der Waals surface area contributed by atoms with Crippen molar-refractivity contribution >= 4 is 44.7 Å². The summed E-state index contributed by atoms with van der Waals surface area (Å²) in [6, 6.07) is 7.07. The third-order valence-corrected chi connectivity index (χ3v) is 7.29. The zero-order chi connectivity index (χ0) is 19.6. The van der Waals surface area contributed by atoms with Crippen molar-refractivity contribution in [2.24, 2.45) is 5.73 Å². The highest BCUT2D eigenvalue weighted by Crippen LogP contribution is 2.27. The molecular formula is C17H17ClN2O5S2. The summed E-state index contributed by atoms with van der Waals surface area (Å²) in [4.78, 5) is 24.3. The van der Waals surface area contributed by atoms with Gasteiger partial charge in [0.15, 0.2) is 6.61 Å². The zero-order valence-corrected chi connectivity index (χ0v) is 16.6. The van der Waals surface area contributed by atoms with E-state index in [0.29, 0.717) is 22.3 Å². The molecule has 0 saturated carbocycles. The van der Waals surface area contributed by atoms with Crippen LogP contribution in [0.3, 0.4) is 0 Å². The lowest BCUT2D eigenvalue weighted by atomic mass is 10.2. The average Bonchev–Trinajstić information content (AvgIpc) is 3.31. The van der Waals surface area contributed by atoms with E-state index in [1.54, 1.807) is 12.1 Å². The van der Waals surface area contributed by atoms with Crippen molar-refractivity contribution < 1.29 is 22.7 Å². The van der Waals surface area contributed by atoms with Crippen LogP contribution in [-0.4, -0.2) is 44.1 Å². The third kappa shape index (κ3) is 4.32. The van der Waals surface area contributed by atoms with Crippen molar-refractivity contribution in [3.05, 3.63) is 45.1 Å². The van der Waals surface area contributed by atoms with Crippen LogP contribution >= 0.6 is 22.9 Å². The fraction of sp³-hybridized carbons (Fsp3) is 0.294. The number of hydrogen-bond donors (Lipinski definition) is 1. The topological polar surface area (TPSA) is 107 Å². The molecule has 1 saturated heterocycles. The highest BCUT2D eigenvalue weighted by atomic mass is 35.5. The molecular weight excluding hydrogens is 412 g/mol. The number of Topliss-reactive ketones (excluding diaryl/α,β-unsaturated/α-hetero) is 1. The van der Waals surface area contributed by atoms with Crippen molar-refractivity contribution in [3.8, 4) is 5.75 Å². The number of halogens is 1. The normalized spacial score (nSPS) is 15.0. The van der Waals surface area contributed by atoms with E-state index in [0.717, 1.165) is 24.2 Å². The first-order chi connectivity index (χ1) is 12.8. The van der Waals surface area contributed by atoms with Crippen molar-refractivity contribution in [1.29, 1.82) is 0 Å². The second-order valence-electron chi connectivity index (χ2n) is 5.95. The number of ketones is 1. The van der Waals surface area contributed by atoms with E-state index in [-0.39, 0.29) is 28.6 Å². The summed E-state index contributed by atoms with van der Waals surface area (Å²) in [6.45, 7) is 0.573. The minimum Gasteiger partial charge on any atom is -0.485 e. The van der Waals surface area contributed by atoms with Gasteiger partial charge in [0.25, 0.3) is 5.91 Å². The van der Waals surface area contributed by atoms with Crippen LogP contribution in [0.25, 0.3) is 0 Å². The minimum absolute atomic E-state index is 0.0260. The Hall–Kier alpha value is -1.94. The lowest BCUT2D eigenvalue weighted by Crippen LogP contribution is -2.28. The summed E-state index contributed by atoms with van der Waals surface area (Å²) >= 11 is 6.93. The van der Waals surface area contributed by atoms with Gasteiger partial charge in [-0.2, -0.15) is 4.31 Å². The van der Waals surface area contributed by atoms with Gasteiger partial charge in [-0.25, -0.2) is 8.42 Å². The van der Waals surface area contributed by atoms with Crippen LogP contribution in [0, 0.1) is 0 Å². The van der Waals surface area contributed by atoms with Crippen LogP contribution in [0.2, 0.25) is 4.34 Å². The van der Waals surface area contributed by atoms with E-state index in [4.69, 9.17) is 22.1 Å². The van der Waals surface area contributed by atoms with Gasteiger partial charge in [-0.3, -0.25) is 9.59 Å². The van der Waals surface area contributed by atoms with Crippen LogP contribution in [0.5, 0.6) is 5.75 Å². The molecule has 3 rings (SSSR count). The van der Waals surface area contributed by atoms with E-state index in [1.165, 1.54) is 22.5 Å². The lowest BCUT2D eigenvalue weighted by Gasteiger charge is -2.17. The Kier molecular flexibility index (Phi) is 5.85. The van der Waals surface area contributed by atoms with Crippen molar-refractivity contribution in [2.75, 3.05) is 19.7 Å². The molecule has 0 atom stereocenters. The number of nitrogens with two attached hydrogens (primary N) is 1. The molecule has 1 fully saturated rings. The van der Waals surface area contributed by atoms with Crippen molar-refractivity contribution in [3.63, 3.8) is 0 Å². The molecule has 1 aliphatic rings. The summed E-state index contributed by atoms with van der Waals surface area (Å²) in [6.07, 6.45) is 1.61. The zero-order valence-electron chi connectivity index (χ0n) is 14.2. The number of carbonyl (C=O) groups excluding carboxylic acids is 2. The monoisotopic (exact) mass is 428 g/mol. The summed E-state index contributed by atoms with van der Waals surface area (Å²) < 4.78 is 32.6. The molecule has 2 N–H and O–H groups in total. The Morgan fingerprint density at radius 1 is 1.19 bits per heavy atom. The van der Waals surface area contributed by atoms with E-state index in [2.05, 4.69) is 0 Å². The van der Waals surface area contributed by atoms with Crippen LogP contribution in [0.15, 0.2) is 35.2 Å². The average molecular weight is 429 g/mol. The molecule has 7 nitrogen and oxygen atoms in total. The highest BCUT2D eigenvalue weighted by molar-refractivity contribution is 7.89. The van der Waals surface area contributed by atoms with Gasteiger partial charge in [-0.1, -0.05) is 11.6 Å². The second kappa shape index (κ2) is 7.97. The largest absolute Gasteiger partial charge is 0.485 e. The van der Waals surface area contributed by atoms with Gasteiger partial charge < -0.3 is 10.5 Å². The van der Waals surface area contributed by atoms with Gasteiger partial charge in [-0.15, -0.1) is 11.3 Å². The Labute approximate surface area is 165 Å². The number of sulfonamides is 1. The molecule has 0 aliphatic carbocycles. The molecule has 1 aromatic heterocycles. The van der Waals surface area contributed by atoms with Gasteiger partial charge in [0.05, 0.1) is 19.7 Å². The Morgan fingerprint density at radius 2 is 1.89 bits per heavy atom. The number of nitrogens with zero attached hydrogens (tertiary/aromatic N) is 1. The molecule has 0 unspecified atom stereocenters. The van der Waals surface area contributed by atoms with E-state index in [1.807, 2.05) is 0 Å². The molecule has 1 amide bonds. The molecule has 144 valence electrons. The van der Waals surface area contributed by atoms with Gasteiger partial charge in [0.1, 0.15) is 5.75 Å². The number of rotatable bonds is 7. The number of amides is 1. The molecule has 10 heteroatoms. The molecule has 0 bridgehead atoms. The first-order valence-corrected chi connectivity index (χ1v) is 10.8. The Balaban J connectivity index is 1.82. The maximum atomic E-state index is 12.6. The first kappa shape index (κ1) is 19.8. The van der Waals surface area contributed by atoms with Crippen LogP contribution < -0.4 is 10.5 Å². The summed E-state index contributed by atoms with van der Waals surface area (Å²) in [5.74, 6) is -1.09. The third-order valence-electron chi connectivity index (χ3n) is 4.13. The smallest absolute Gasteiger partial charge is 0.252 e. The van der Waals surface area contributed by atoms with Crippen molar-refractivity contribution in [2.45, 2.75) is 17.7 Å². The lowest BCUT2D eigenvalue weighted by molar-refractivity contribution is 0.0915. The molecule has 2 aromatic rings. The fourth-order valence-electron chi connectivity index (χ4n) is 2.74. The molecule has 1 aliphatic heterocycles. The predicted molar refractivity (Wildman–Crippen MR) is 102 cm³/mol. The first-order valence-electron chi connectivity index (χ1n) is 8.14. The standard InChI is InChI=1S/C17H17ClN2O5S2/c18-16-6-5-15(26-16)13(21)10-25-14-4-3-11(9-12(14)17(19)22)27(23,24)20-7-1-2-8-20/h3-6,9H,1-2,7-8,10H2,(H2,19,22). The molecule has 0 radical (unpaired) electrons. The van der Waals surface area contributed by atoms with Crippen LogP contribution in [0.4, 0.5) is 0 Å². The summed E-state index contributed by atoms with van der Waals surface area (Å²) in [5, 5.41) is 0. The number of ether oxygens (including phenoxy) is 1. The quantitative estimate of drug-likeness (QED) is 0.682. The number of benzene rings is 1. The van der Waals surface area contributed by atoms with Gasteiger partial charge in [0.2, 0.25) is 15.8 Å². The predicted octanol–water partition coefficient (Wildman–Crippen LogP) is 2.55. The number of hydrogen-bond acceptors (Lipinski definition) is 6. The maximum absolute atomic E-state index is 12.6.